The zero-order valence-corrected chi connectivity index (χ0v) is 22.8. The third kappa shape index (κ3) is 6.24. The summed E-state index contributed by atoms with van der Waals surface area (Å²) in [6.45, 7) is 4.59. The van der Waals surface area contributed by atoms with Gasteiger partial charge in [0.1, 0.15) is 0 Å². The van der Waals surface area contributed by atoms with Gasteiger partial charge in [0.2, 0.25) is 11.7 Å². The molecule has 37 heavy (non-hydrogen) atoms. The van der Waals surface area contributed by atoms with Crippen LogP contribution in [0.25, 0.3) is 0 Å². The zero-order valence-electron chi connectivity index (χ0n) is 22.8. The first-order valence-corrected chi connectivity index (χ1v) is 13.0. The van der Waals surface area contributed by atoms with Crippen molar-refractivity contribution in [2.24, 2.45) is 5.92 Å². The Hall–Kier alpha value is -3.13. The molecule has 0 aromatic heterocycles. The van der Waals surface area contributed by atoms with Crippen LogP contribution >= 0.6 is 0 Å². The van der Waals surface area contributed by atoms with Gasteiger partial charge in [0.05, 0.1) is 42.0 Å². The van der Waals surface area contributed by atoms with Gasteiger partial charge >= 0.3 is 0 Å². The van der Waals surface area contributed by atoms with E-state index in [9.17, 15) is 4.79 Å². The summed E-state index contributed by atoms with van der Waals surface area (Å²) in [4.78, 5) is 17.8. The Kier molecular flexibility index (Phi) is 9.03. The normalized spacial score (nSPS) is 18.1. The standard InChI is InChI=1S/C29H40N2O6/c1-33-24-15-22-9-12-31(28(32)17-23(22)16-25(24)34-2)19-21-7-6-10-30(18-21)11-8-20-13-26(35-3)29(37-5)27(14-20)36-4/h13-16,21H,6-12,17-19H2,1-5H3. The number of carbonyl (C=O) groups excluding carboxylic acids is 1. The van der Waals surface area contributed by atoms with Gasteiger partial charge in [-0.05, 0) is 79.1 Å². The molecule has 0 radical (unpaired) electrons. The number of hydrogen-bond acceptors (Lipinski definition) is 7. The summed E-state index contributed by atoms with van der Waals surface area (Å²) in [5, 5.41) is 0. The van der Waals surface area contributed by atoms with Gasteiger partial charge in [-0.2, -0.15) is 0 Å². The van der Waals surface area contributed by atoms with E-state index in [2.05, 4.69) is 9.80 Å². The molecule has 2 aromatic carbocycles. The summed E-state index contributed by atoms with van der Waals surface area (Å²) in [5.41, 5.74) is 3.37. The molecule has 8 nitrogen and oxygen atoms in total. The molecular weight excluding hydrogens is 472 g/mol. The number of amides is 1. The zero-order chi connectivity index (χ0) is 26.4. The van der Waals surface area contributed by atoms with Gasteiger partial charge in [-0.3, -0.25) is 4.79 Å². The summed E-state index contributed by atoms with van der Waals surface area (Å²) >= 11 is 0. The lowest BCUT2D eigenvalue weighted by atomic mass is 9.96. The highest BCUT2D eigenvalue weighted by atomic mass is 16.5. The number of fused-ring (bicyclic) bond motifs is 1. The average molecular weight is 513 g/mol. The van der Waals surface area contributed by atoms with Crippen LogP contribution < -0.4 is 23.7 Å². The summed E-state index contributed by atoms with van der Waals surface area (Å²) in [5.74, 6) is 4.06. The Balaban J connectivity index is 1.35. The summed E-state index contributed by atoms with van der Waals surface area (Å²) in [7, 11) is 8.19. The van der Waals surface area contributed by atoms with Crippen LogP contribution in [0.3, 0.4) is 0 Å². The molecule has 1 saturated heterocycles. The number of methoxy groups -OCH3 is 5. The van der Waals surface area contributed by atoms with Crippen LogP contribution in [0.2, 0.25) is 0 Å². The quantitative estimate of drug-likeness (QED) is 0.482. The molecule has 2 aliphatic heterocycles. The van der Waals surface area contributed by atoms with Crippen LogP contribution in [0.1, 0.15) is 29.5 Å². The maximum Gasteiger partial charge on any atom is 0.227 e. The molecule has 0 N–H and O–H groups in total. The molecule has 1 fully saturated rings. The lowest BCUT2D eigenvalue weighted by Crippen LogP contribution is -2.44. The Labute approximate surface area is 220 Å². The second kappa shape index (κ2) is 12.4. The number of carbonyl (C=O) groups is 1. The SMILES string of the molecule is COc1cc2c(cc1OC)CC(=O)N(CC1CCCN(CCc3cc(OC)c(OC)c(OC)c3)C1)CC2. The van der Waals surface area contributed by atoms with E-state index in [0.717, 1.165) is 75.3 Å². The van der Waals surface area contributed by atoms with Gasteiger partial charge in [0.15, 0.2) is 23.0 Å². The van der Waals surface area contributed by atoms with Crippen molar-refractivity contribution in [3.05, 3.63) is 41.0 Å². The largest absolute Gasteiger partial charge is 0.493 e. The predicted molar refractivity (Wildman–Crippen MR) is 142 cm³/mol. The minimum Gasteiger partial charge on any atom is -0.493 e. The number of benzene rings is 2. The molecule has 1 amide bonds. The Morgan fingerprint density at radius 2 is 1.46 bits per heavy atom. The maximum atomic E-state index is 13.2. The lowest BCUT2D eigenvalue weighted by Gasteiger charge is -2.35. The third-order valence-corrected chi connectivity index (χ3v) is 7.57. The number of nitrogens with zero attached hydrogens (tertiary/aromatic N) is 2. The maximum absolute atomic E-state index is 13.2. The predicted octanol–water partition coefficient (Wildman–Crippen LogP) is 3.61. The van der Waals surface area contributed by atoms with Crippen molar-refractivity contribution < 1.29 is 28.5 Å². The smallest absolute Gasteiger partial charge is 0.227 e. The van der Waals surface area contributed by atoms with E-state index >= 15 is 0 Å². The van der Waals surface area contributed by atoms with Crippen molar-refractivity contribution in [3.63, 3.8) is 0 Å². The highest BCUT2D eigenvalue weighted by molar-refractivity contribution is 5.80. The Morgan fingerprint density at radius 1 is 0.811 bits per heavy atom. The molecule has 1 unspecified atom stereocenters. The van der Waals surface area contributed by atoms with E-state index in [-0.39, 0.29) is 5.91 Å². The fourth-order valence-corrected chi connectivity index (χ4v) is 5.59. The van der Waals surface area contributed by atoms with Crippen molar-refractivity contribution in [2.45, 2.75) is 32.1 Å². The van der Waals surface area contributed by atoms with Crippen LogP contribution in [-0.4, -0.2) is 84.0 Å². The van der Waals surface area contributed by atoms with Crippen molar-refractivity contribution in [1.82, 2.24) is 9.80 Å². The molecule has 4 rings (SSSR count). The first kappa shape index (κ1) is 26.9. The fraction of sp³-hybridized carbons (Fsp3) is 0.552. The molecule has 2 heterocycles. The third-order valence-electron chi connectivity index (χ3n) is 7.57. The van der Waals surface area contributed by atoms with E-state index in [1.54, 1.807) is 35.5 Å². The van der Waals surface area contributed by atoms with Crippen LogP contribution in [0.5, 0.6) is 28.7 Å². The number of ether oxygens (including phenoxy) is 5. The first-order valence-electron chi connectivity index (χ1n) is 13.0. The second-order valence-electron chi connectivity index (χ2n) is 9.83. The number of rotatable bonds is 10. The summed E-state index contributed by atoms with van der Waals surface area (Å²) < 4.78 is 27.4. The highest BCUT2D eigenvalue weighted by Crippen LogP contribution is 2.38. The average Bonchev–Trinajstić information content (AvgIpc) is 3.08. The van der Waals surface area contributed by atoms with Crippen molar-refractivity contribution in [3.8, 4) is 28.7 Å². The van der Waals surface area contributed by atoms with Crippen molar-refractivity contribution in [1.29, 1.82) is 0 Å². The van der Waals surface area contributed by atoms with Gasteiger partial charge in [-0.25, -0.2) is 0 Å². The second-order valence-corrected chi connectivity index (χ2v) is 9.83. The number of likely N-dealkylation sites (tertiary alicyclic amines) is 1. The monoisotopic (exact) mass is 512 g/mol. The molecule has 2 aromatic rings. The van der Waals surface area contributed by atoms with Crippen molar-refractivity contribution >= 4 is 5.91 Å². The Bertz CT molecular complexity index is 1060. The van der Waals surface area contributed by atoms with Gasteiger partial charge in [0, 0.05) is 26.2 Å². The minimum absolute atomic E-state index is 0.195. The van der Waals surface area contributed by atoms with E-state index in [1.807, 2.05) is 24.3 Å². The highest BCUT2D eigenvalue weighted by Gasteiger charge is 2.27. The van der Waals surface area contributed by atoms with Crippen LogP contribution in [0, 0.1) is 5.92 Å². The molecule has 0 bridgehead atoms. The lowest BCUT2D eigenvalue weighted by molar-refractivity contribution is -0.131. The minimum atomic E-state index is 0.195. The van der Waals surface area contributed by atoms with E-state index in [4.69, 9.17) is 23.7 Å². The van der Waals surface area contributed by atoms with E-state index in [1.165, 1.54) is 5.56 Å². The van der Waals surface area contributed by atoms with E-state index < -0.39 is 0 Å². The van der Waals surface area contributed by atoms with Crippen LogP contribution in [0.4, 0.5) is 0 Å². The van der Waals surface area contributed by atoms with Crippen LogP contribution in [-0.2, 0) is 24.1 Å². The topological polar surface area (TPSA) is 69.7 Å². The molecule has 0 spiro atoms. The first-order chi connectivity index (χ1) is 18.0. The molecule has 2 aliphatic rings. The number of piperidine rings is 1. The van der Waals surface area contributed by atoms with Gasteiger partial charge in [0.25, 0.3) is 0 Å². The fourth-order valence-electron chi connectivity index (χ4n) is 5.59. The van der Waals surface area contributed by atoms with Gasteiger partial charge in [-0.1, -0.05) is 0 Å². The molecule has 1 atom stereocenters. The Morgan fingerprint density at radius 3 is 2.08 bits per heavy atom. The molecular formula is C29H40N2O6. The van der Waals surface area contributed by atoms with Crippen molar-refractivity contribution in [2.75, 3.05) is 68.3 Å². The molecule has 202 valence electrons. The molecule has 0 aliphatic carbocycles. The van der Waals surface area contributed by atoms with E-state index in [0.29, 0.717) is 35.3 Å². The summed E-state index contributed by atoms with van der Waals surface area (Å²) in [6, 6.07) is 8.04. The van der Waals surface area contributed by atoms with Gasteiger partial charge in [-0.15, -0.1) is 0 Å². The summed E-state index contributed by atoms with van der Waals surface area (Å²) in [6.07, 6.45) is 4.44. The molecule has 8 heteroatoms. The van der Waals surface area contributed by atoms with Gasteiger partial charge < -0.3 is 33.5 Å². The number of hydrogen-bond donors (Lipinski definition) is 0. The molecule has 0 saturated carbocycles. The van der Waals surface area contributed by atoms with Crippen LogP contribution in [0.15, 0.2) is 24.3 Å².